The molecule has 0 spiro atoms. The van der Waals surface area contributed by atoms with Gasteiger partial charge in [-0.25, -0.2) is 4.39 Å². The molecule has 0 amide bonds. The van der Waals surface area contributed by atoms with Gasteiger partial charge in [-0.1, -0.05) is 41.6 Å². The highest BCUT2D eigenvalue weighted by atomic mass is 35.5. The largest absolute Gasteiger partial charge is 0.486 e. The zero-order valence-corrected chi connectivity index (χ0v) is 11.5. The lowest BCUT2D eigenvalue weighted by Crippen LogP contribution is -1.98. The third-order valence-electron chi connectivity index (χ3n) is 2.57. The lowest BCUT2D eigenvalue weighted by molar-refractivity contribution is 0.290. The van der Waals surface area contributed by atoms with E-state index in [9.17, 15) is 4.39 Å². The molecule has 0 heterocycles. The van der Waals surface area contributed by atoms with Crippen molar-refractivity contribution in [2.45, 2.75) is 6.61 Å². The van der Waals surface area contributed by atoms with Gasteiger partial charge in [-0.2, -0.15) is 0 Å². The van der Waals surface area contributed by atoms with Gasteiger partial charge in [0.1, 0.15) is 6.61 Å². The van der Waals surface area contributed by atoms with Gasteiger partial charge >= 0.3 is 0 Å². The highest BCUT2D eigenvalue weighted by Crippen LogP contribution is 2.24. The van der Waals surface area contributed by atoms with Crippen molar-refractivity contribution >= 4 is 11.6 Å². The second kappa shape index (κ2) is 6.95. The summed E-state index contributed by atoms with van der Waals surface area (Å²) in [4.78, 5) is 0. The van der Waals surface area contributed by atoms with Crippen LogP contribution in [0.5, 0.6) is 5.75 Å². The minimum atomic E-state index is -0.548. The van der Waals surface area contributed by atoms with E-state index in [0.717, 1.165) is 11.1 Å². The Morgan fingerprint density at radius 1 is 1.20 bits per heavy atom. The summed E-state index contributed by atoms with van der Waals surface area (Å²) < 4.78 is 19.1. The highest BCUT2D eigenvalue weighted by Gasteiger charge is 2.07. The maximum atomic E-state index is 13.7. The van der Waals surface area contributed by atoms with Crippen molar-refractivity contribution in [3.63, 3.8) is 0 Å². The number of rotatable bonds is 3. The molecule has 0 aliphatic carbocycles. The average molecular weight is 290 g/mol. The number of hydrogen-bond acceptors (Lipinski definition) is 2. The normalized spacial score (nSPS) is 9.75. The molecule has 2 nitrogen and oxygen atoms in total. The maximum absolute atomic E-state index is 13.7. The number of nitrogens with two attached hydrogens (primary N) is 1. The molecule has 2 N–H and O–H groups in total. The summed E-state index contributed by atoms with van der Waals surface area (Å²) in [5.41, 5.74) is 7.07. The number of hydrogen-bond donors (Lipinski definition) is 1. The predicted octanol–water partition coefficient (Wildman–Crippen LogP) is 3.37. The summed E-state index contributed by atoms with van der Waals surface area (Å²) in [6.07, 6.45) is 0. The Kier molecular flexibility index (Phi) is 5.00. The highest BCUT2D eigenvalue weighted by molar-refractivity contribution is 6.30. The zero-order chi connectivity index (χ0) is 14.4. The van der Waals surface area contributed by atoms with E-state index in [4.69, 9.17) is 22.1 Å². The molecule has 2 aromatic carbocycles. The molecule has 20 heavy (non-hydrogen) atoms. The van der Waals surface area contributed by atoms with Gasteiger partial charge in [0.15, 0.2) is 11.6 Å². The summed E-state index contributed by atoms with van der Waals surface area (Å²) >= 11 is 5.69. The molecule has 0 unspecified atom stereocenters. The fourth-order valence-electron chi connectivity index (χ4n) is 1.65. The SMILES string of the molecule is NCC#Cc1cccc(COc2cccc(Cl)c2F)c1. The Morgan fingerprint density at radius 3 is 2.80 bits per heavy atom. The van der Waals surface area contributed by atoms with Gasteiger partial charge in [0.2, 0.25) is 0 Å². The van der Waals surface area contributed by atoms with Gasteiger partial charge in [-0.3, -0.25) is 0 Å². The third-order valence-corrected chi connectivity index (χ3v) is 2.86. The van der Waals surface area contributed by atoms with E-state index in [1.807, 2.05) is 24.3 Å². The minimum absolute atomic E-state index is 0.0464. The van der Waals surface area contributed by atoms with E-state index >= 15 is 0 Å². The summed E-state index contributed by atoms with van der Waals surface area (Å²) in [7, 11) is 0. The predicted molar refractivity (Wildman–Crippen MR) is 78.1 cm³/mol. The Hall–Kier alpha value is -2.02. The Morgan fingerprint density at radius 2 is 2.00 bits per heavy atom. The van der Waals surface area contributed by atoms with E-state index in [0.29, 0.717) is 6.54 Å². The lowest BCUT2D eigenvalue weighted by Gasteiger charge is -2.08. The molecule has 2 rings (SSSR count). The molecule has 0 aromatic heterocycles. The van der Waals surface area contributed by atoms with Crippen molar-refractivity contribution in [3.8, 4) is 17.6 Å². The van der Waals surface area contributed by atoms with Crippen molar-refractivity contribution in [2.75, 3.05) is 6.54 Å². The fourth-order valence-corrected chi connectivity index (χ4v) is 1.81. The van der Waals surface area contributed by atoms with Crippen LogP contribution in [0.2, 0.25) is 5.02 Å². The average Bonchev–Trinajstić information content (AvgIpc) is 2.47. The van der Waals surface area contributed by atoms with E-state index in [-0.39, 0.29) is 17.4 Å². The first kappa shape index (κ1) is 14.4. The molecule has 0 radical (unpaired) electrons. The van der Waals surface area contributed by atoms with Crippen molar-refractivity contribution in [2.24, 2.45) is 5.73 Å². The Bertz CT molecular complexity index is 661. The second-order valence-corrected chi connectivity index (χ2v) is 4.45. The monoisotopic (exact) mass is 289 g/mol. The van der Waals surface area contributed by atoms with Crippen molar-refractivity contribution in [3.05, 3.63) is 64.4 Å². The van der Waals surface area contributed by atoms with E-state index in [1.54, 1.807) is 12.1 Å². The van der Waals surface area contributed by atoms with Crippen LogP contribution < -0.4 is 10.5 Å². The van der Waals surface area contributed by atoms with Crippen LogP contribution >= 0.6 is 11.6 Å². The molecule has 2 aromatic rings. The van der Waals surface area contributed by atoms with Crippen LogP contribution in [0.15, 0.2) is 42.5 Å². The van der Waals surface area contributed by atoms with Crippen molar-refractivity contribution in [1.29, 1.82) is 0 Å². The van der Waals surface area contributed by atoms with Gasteiger partial charge in [0.05, 0.1) is 11.6 Å². The van der Waals surface area contributed by atoms with Crippen LogP contribution in [0.4, 0.5) is 4.39 Å². The zero-order valence-electron chi connectivity index (χ0n) is 10.7. The lowest BCUT2D eigenvalue weighted by atomic mass is 10.1. The summed E-state index contributed by atoms with van der Waals surface area (Å²) in [5, 5.41) is 0.0464. The van der Waals surface area contributed by atoms with Crippen LogP contribution in [0, 0.1) is 17.7 Å². The second-order valence-electron chi connectivity index (χ2n) is 4.05. The molecule has 102 valence electrons. The van der Waals surface area contributed by atoms with Gasteiger partial charge in [-0.05, 0) is 29.8 Å². The van der Waals surface area contributed by atoms with Crippen LogP contribution in [-0.4, -0.2) is 6.54 Å². The van der Waals surface area contributed by atoms with Crippen LogP contribution in [0.25, 0.3) is 0 Å². The maximum Gasteiger partial charge on any atom is 0.183 e. The molecule has 0 saturated carbocycles. The van der Waals surface area contributed by atoms with E-state index in [2.05, 4.69) is 11.8 Å². The summed E-state index contributed by atoms with van der Waals surface area (Å²) in [6.45, 7) is 0.559. The molecule has 0 atom stereocenters. The number of benzene rings is 2. The molecule has 0 aliphatic rings. The fraction of sp³-hybridized carbons (Fsp3) is 0.125. The van der Waals surface area contributed by atoms with Gasteiger partial charge in [0.25, 0.3) is 0 Å². The number of ether oxygens (including phenoxy) is 1. The minimum Gasteiger partial charge on any atom is -0.486 e. The number of halogens is 2. The first-order valence-corrected chi connectivity index (χ1v) is 6.43. The molecule has 0 bridgehead atoms. The van der Waals surface area contributed by atoms with Gasteiger partial charge in [0, 0.05) is 5.56 Å². The summed E-state index contributed by atoms with van der Waals surface area (Å²) in [6, 6.07) is 12.2. The molecule has 0 fully saturated rings. The first-order valence-electron chi connectivity index (χ1n) is 6.05. The third kappa shape index (κ3) is 3.74. The van der Waals surface area contributed by atoms with E-state index < -0.39 is 5.82 Å². The van der Waals surface area contributed by atoms with Crippen LogP contribution in [0.1, 0.15) is 11.1 Å². The van der Waals surface area contributed by atoms with Crippen LogP contribution in [-0.2, 0) is 6.61 Å². The quantitative estimate of drug-likeness (QED) is 0.879. The standard InChI is InChI=1S/C16H13ClFNO/c17-14-7-2-8-15(16(14)18)20-11-13-5-1-4-12(10-13)6-3-9-19/h1-2,4-5,7-8,10H,9,11,19H2. The molecule has 0 aliphatic heterocycles. The molecular formula is C16H13ClFNO. The van der Waals surface area contributed by atoms with Crippen molar-refractivity contribution < 1.29 is 9.13 Å². The molecule has 4 heteroatoms. The molecular weight excluding hydrogens is 277 g/mol. The van der Waals surface area contributed by atoms with Gasteiger partial charge in [-0.15, -0.1) is 0 Å². The summed E-state index contributed by atoms with van der Waals surface area (Å²) in [5.74, 6) is 5.31. The van der Waals surface area contributed by atoms with Crippen LogP contribution in [0.3, 0.4) is 0 Å². The van der Waals surface area contributed by atoms with E-state index in [1.165, 1.54) is 6.07 Å². The topological polar surface area (TPSA) is 35.2 Å². The Balaban J connectivity index is 2.09. The molecule has 0 saturated heterocycles. The Labute approximate surface area is 122 Å². The smallest absolute Gasteiger partial charge is 0.183 e. The van der Waals surface area contributed by atoms with Gasteiger partial charge < -0.3 is 10.5 Å². The van der Waals surface area contributed by atoms with Crippen molar-refractivity contribution in [1.82, 2.24) is 0 Å². The first-order chi connectivity index (χ1) is 9.70.